The molecular formula is C16H31NO. The maximum absolute atomic E-state index is 11.8. The smallest absolute Gasteiger partial charge is 0.133 e. The van der Waals surface area contributed by atoms with E-state index in [0.29, 0.717) is 23.7 Å². The van der Waals surface area contributed by atoms with Crippen LogP contribution in [0.25, 0.3) is 0 Å². The first kappa shape index (κ1) is 15.7. The van der Waals surface area contributed by atoms with Crippen molar-refractivity contribution < 1.29 is 4.79 Å². The van der Waals surface area contributed by atoms with E-state index in [4.69, 9.17) is 0 Å². The fourth-order valence-electron chi connectivity index (χ4n) is 2.90. The normalized spacial score (nSPS) is 24.8. The summed E-state index contributed by atoms with van der Waals surface area (Å²) < 4.78 is 0. The van der Waals surface area contributed by atoms with Crippen molar-refractivity contribution in [3.8, 4) is 0 Å². The zero-order chi connectivity index (χ0) is 13.5. The Bertz CT molecular complexity index is 239. The Morgan fingerprint density at radius 1 is 1.06 bits per heavy atom. The molecular weight excluding hydrogens is 222 g/mol. The summed E-state index contributed by atoms with van der Waals surface area (Å²) in [7, 11) is 0. The van der Waals surface area contributed by atoms with Crippen LogP contribution in [0.3, 0.4) is 0 Å². The lowest BCUT2D eigenvalue weighted by Gasteiger charge is -2.29. The second-order valence-corrected chi connectivity index (χ2v) is 6.79. The van der Waals surface area contributed by atoms with Gasteiger partial charge in [-0.1, -0.05) is 27.7 Å². The number of nitrogens with one attached hydrogen (secondary N) is 1. The van der Waals surface area contributed by atoms with Crippen molar-refractivity contribution in [2.75, 3.05) is 6.54 Å². The van der Waals surface area contributed by atoms with E-state index in [1.54, 1.807) is 0 Å². The third-order valence-corrected chi connectivity index (χ3v) is 3.93. The summed E-state index contributed by atoms with van der Waals surface area (Å²) in [6.07, 6.45) is 6.73. The van der Waals surface area contributed by atoms with Crippen LogP contribution in [-0.4, -0.2) is 18.4 Å². The fraction of sp³-hybridized carbons (Fsp3) is 0.938. The minimum Gasteiger partial charge on any atom is -0.314 e. The van der Waals surface area contributed by atoms with Gasteiger partial charge in [0.1, 0.15) is 5.78 Å². The molecule has 0 amide bonds. The number of hydrogen-bond acceptors (Lipinski definition) is 2. The third-order valence-electron chi connectivity index (χ3n) is 3.93. The van der Waals surface area contributed by atoms with E-state index in [2.05, 4.69) is 33.0 Å². The van der Waals surface area contributed by atoms with E-state index >= 15 is 0 Å². The third kappa shape index (κ3) is 6.53. The van der Waals surface area contributed by atoms with Crippen LogP contribution in [-0.2, 0) is 4.79 Å². The van der Waals surface area contributed by atoms with Crippen LogP contribution >= 0.6 is 0 Å². The molecule has 0 atom stereocenters. The Kier molecular flexibility index (Phi) is 6.91. The van der Waals surface area contributed by atoms with E-state index in [0.717, 1.165) is 25.3 Å². The van der Waals surface area contributed by atoms with Crippen molar-refractivity contribution in [1.29, 1.82) is 0 Å². The van der Waals surface area contributed by atoms with Crippen LogP contribution in [0.4, 0.5) is 0 Å². The Hall–Kier alpha value is -0.370. The lowest BCUT2D eigenvalue weighted by atomic mass is 9.79. The van der Waals surface area contributed by atoms with Crippen molar-refractivity contribution >= 4 is 5.78 Å². The zero-order valence-electron chi connectivity index (χ0n) is 12.7. The summed E-state index contributed by atoms with van der Waals surface area (Å²) in [5.41, 5.74) is 0. The van der Waals surface area contributed by atoms with Gasteiger partial charge in [0, 0.05) is 18.9 Å². The van der Waals surface area contributed by atoms with Gasteiger partial charge in [0.2, 0.25) is 0 Å². The number of rotatable bonds is 7. The molecule has 0 aromatic carbocycles. The highest BCUT2D eigenvalue weighted by molar-refractivity contribution is 5.78. The molecule has 1 saturated carbocycles. The monoisotopic (exact) mass is 253 g/mol. The molecule has 0 aromatic heterocycles. The SMILES string of the molecule is CC(C)CC(=O)CC1CCC(CNC(C)C)CC1. The van der Waals surface area contributed by atoms with Crippen LogP contribution in [0.2, 0.25) is 0 Å². The number of Topliss-reactive ketones (excluding diaryl/α,β-unsaturated/α-hetero) is 1. The molecule has 0 spiro atoms. The summed E-state index contributed by atoms with van der Waals surface area (Å²) in [5.74, 6) is 2.51. The molecule has 1 rings (SSSR count). The molecule has 2 heteroatoms. The average molecular weight is 253 g/mol. The predicted molar refractivity (Wildman–Crippen MR) is 77.7 cm³/mol. The number of ketones is 1. The van der Waals surface area contributed by atoms with Crippen LogP contribution in [0.1, 0.15) is 66.2 Å². The first-order valence-corrected chi connectivity index (χ1v) is 7.72. The molecule has 0 aromatic rings. The van der Waals surface area contributed by atoms with Crippen molar-refractivity contribution in [2.45, 2.75) is 72.3 Å². The van der Waals surface area contributed by atoms with Gasteiger partial charge in [-0.25, -0.2) is 0 Å². The molecule has 106 valence electrons. The summed E-state index contributed by atoms with van der Waals surface area (Å²) in [5, 5.41) is 3.53. The summed E-state index contributed by atoms with van der Waals surface area (Å²) in [6, 6.07) is 0.593. The van der Waals surface area contributed by atoms with Crippen molar-refractivity contribution in [3.63, 3.8) is 0 Å². The second-order valence-electron chi connectivity index (χ2n) is 6.79. The largest absolute Gasteiger partial charge is 0.314 e. The molecule has 1 aliphatic rings. The van der Waals surface area contributed by atoms with Gasteiger partial charge in [0.05, 0.1) is 0 Å². The van der Waals surface area contributed by atoms with Crippen molar-refractivity contribution in [3.05, 3.63) is 0 Å². The minimum atomic E-state index is 0.480. The maximum Gasteiger partial charge on any atom is 0.133 e. The number of hydrogen-bond donors (Lipinski definition) is 1. The summed E-state index contributed by atoms with van der Waals surface area (Å²) in [4.78, 5) is 11.8. The highest BCUT2D eigenvalue weighted by Crippen LogP contribution is 2.31. The Labute approximate surface area is 113 Å². The number of carbonyl (C=O) groups is 1. The van der Waals surface area contributed by atoms with Crippen molar-refractivity contribution in [2.24, 2.45) is 17.8 Å². The molecule has 0 heterocycles. The number of carbonyl (C=O) groups excluding carboxylic acids is 1. The molecule has 18 heavy (non-hydrogen) atoms. The standard InChI is InChI=1S/C16H31NO/c1-12(2)9-16(18)10-14-5-7-15(8-6-14)11-17-13(3)4/h12-15,17H,5-11H2,1-4H3. The van der Waals surface area contributed by atoms with Gasteiger partial charge in [-0.05, 0) is 50.0 Å². The molecule has 1 aliphatic carbocycles. The Balaban J connectivity index is 2.17. The topological polar surface area (TPSA) is 29.1 Å². The zero-order valence-corrected chi connectivity index (χ0v) is 12.7. The van der Waals surface area contributed by atoms with Gasteiger partial charge >= 0.3 is 0 Å². The van der Waals surface area contributed by atoms with E-state index in [9.17, 15) is 4.79 Å². The average Bonchev–Trinajstić information content (AvgIpc) is 2.26. The van der Waals surface area contributed by atoms with Crippen LogP contribution in [0, 0.1) is 17.8 Å². The summed E-state index contributed by atoms with van der Waals surface area (Å²) in [6.45, 7) is 9.83. The summed E-state index contributed by atoms with van der Waals surface area (Å²) >= 11 is 0. The van der Waals surface area contributed by atoms with Gasteiger partial charge in [-0.15, -0.1) is 0 Å². The first-order chi connectivity index (χ1) is 8.47. The van der Waals surface area contributed by atoms with Gasteiger partial charge in [0.15, 0.2) is 0 Å². The van der Waals surface area contributed by atoms with Crippen LogP contribution in [0.5, 0.6) is 0 Å². The minimum absolute atomic E-state index is 0.480. The molecule has 1 N–H and O–H groups in total. The lowest BCUT2D eigenvalue weighted by molar-refractivity contribution is -0.120. The van der Waals surface area contributed by atoms with E-state index in [1.165, 1.54) is 25.7 Å². The Morgan fingerprint density at radius 2 is 1.61 bits per heavy atom. The van der Waals surface area contributed by atoms with Gasteiger partial charge in [-0.2, -0.15) is 0 Å². The molecule has 0 unspecified atom stereocenters. The molecule has 0 saturated heterocycles. The molecule has 0 radical (unpaired) electrons. The maximum atomic E-state index is 11.8. The molecule has 0 aliphatic heterocycles. The second kappa shape index (κ2) is 7.93. The van der Waals surface area contributed by atoms with E-state index in [-0.39, 0.29) is 0 Å². The fourth-order valence-corrected chi connectivity index (χ4v) is 2.90. The van der Waals surface area contributed by atoms with Gasteiger partial charge in [0.25, 0.3) is 0 Å². The van der Waals surface area contributed by atoms with E-state index in [1.807, 2.05) is 0 Å². The predicted octanol–water partition coefficient (Wildman–Crippen LogP) is 3.80. The van der Waals surface area contributed by atoms with Crippen molar-refractivity contribution in [1.82, 2.24) is 5.32 Å². The lowest BCUT2D eigenvalue weighted by Crippen LogP contribution is -2.31. The first-order valence-electron chi connectivity index (χ1n) is 7.72. The Morgan fingerprint density at radius 3 is 2.11 bits per heavy atom. The van der Waals surface area contributed by atoms with Crippen LogP contribution in [0.15, 0.2) is 0 Å². The quantitative estimate of drug-likeness (QED) is 0.748. The molecule has 0 bridgehead atoms. The van der Waals surface area contributed by atoms with Gasteiger partial charge < -0.3 is 5.32 Å². The highest BCUT2D eigenvalue weighted by atomic mass is 16.1. The van der Waals surface area contributed by atoms with Crippen LogP contribution < -0.4 is 5.32 Å². The molecule has 2 nitrogen and oxygen atoms in total. The van der Waals surface area contributed by atoms with E-state index < -0.39 is 0 Å². The highest BCUT2D eigenvalue weighted by Gasteiger charge is 2.23. The van der Waals surface area contributed by atoms with Gasteiger partial charge in [-0.3, -0.25) is 4.79 Å². The molecule has 1 fully saturated rings.